The van der Waals surface area contributed by atoms with Crippen molar-refractivity contribution in [3.8, 4) is 11.3 Å². The van der Waals surface area contributed by atoms with Crippen LogP contribution in [0.2, 0.25) is 0 Å². The van der Waals surface area contributed by atoms with Crippen LogP contribution in [0.3, 0.4) is 0 Å². The van der Waals surface area contributed by atoms with Gasteiger partial charge in [-0.15, -0.1) is 0 Å². The zero-order valence-corrected chi connectivity index (χ0v) is 31.0. The highest BCUT2D eigenvalue weighted by Crippen LogP contribution is 2.39. The van der Waals surface area contributed by atoms with E-state index in [0.29, 0.717) is 63.2 Å². The minimum Gasteiger partial charge on any atom is -0.331 e. The van der Waals surface area contributed by atoms with Crippen LogP contribution >= 0.6 is 0 Å². The van der Waals surface area contributed by atoms with Crippen LogP contribution in [0.15, 0.2) is 66.9 Å². The Morgan fingerprint density at radius 1 is 0.942 bits per heavy atom. The summed E-state index contributed by atoms with van der Waals surface area (Å²) >= 11 is 0. The molecule has 0 saturated carbocycles. The Morgan fingerprint density at radius 2 is 1.63 bits per heavy atom. The first-order valence-corrected chi connectivity index (χ1v) is 19.2. The molecule has 1 aliphatic heterocycles. The smallest absolute Gasteiger partial charge is 0.253 e. The largest absolute Gasteiger partial charge is 0.331 e. The molecule has 2 aromatic carbocycles. The van der Waals surface area contributed by atoms with E-state index in [1.165, 1.54) is 12.2 Å². The molecule has 0 aliphatic carbocycles. The van der Waals surface area contributed by atoms with Gasteiger partial charge in [0.2, 0.25) is 5.91 Å². The molecule has 1 unspecified atom stereocenters. The number of imidazole rings is 1. The molecule has 0 fully saturated rings. The monoisotopic (exact) mass is 737 g/mol. The summed E-state index contributed by atoms with van der Waals surface area (Å²) in [6.45, 7) is 7.13. The fourth-order valence-corrected chi connectivity index (χ4v) is 7.41. The van der Waals surface area contributed by atoms with Crippen molar-refractivity contribution < 1.29 is 32.2 Å². The Kier molecular flexibility index (Phi) is 14.7. The lowest BCUT2D eigenvalue weighted by Gasteiger charge is -2.40. The zero-order chi connectivity index (χ0) is 37.8. The van der Waals surface area contributed by atoms with Gasteiger partial charge in [0.15, 0.2) is 0 Å². The van der Waals surface area contributed by atoms with E-state index in [9.17, 15) is 27.8 Å². The van der Waals surface area contributed by atoms with Gasteiger partial charge in [0.05, 0.1) is 11.7 Å². The molecule has 3 amide bonds. The number of halogens is 2. The fraction of sp³-hybridized carbons (Fsp3) is 0.462. The Morgan fingerprint density at radius 3 is 2.31 bits per heavy atom. The third-order valence-corrected chi connectivity index (χ3v) is 10.2. The van der Waals surface area contributed by atoms with Gasteiger partial charge >= 0.3 is 0 Å². The van der Waals surface area contributed by atoms with Crippen molar-refractivity contribution in [2.75, 3.05) is 31.1 Å². The zero-order valence-electron chi connectivity index (χ0n) is 30.2. The van der Waals surface area contributed by atoms with Gasteiger partial charge in [-0.1, -0.05) is 57.5 Å². The van der Waals surface area contributed by atoms with Crippen LogP contribution in [-0.4, -0.2) is 78.2 Å². The van der Waals surface area contributed by atoms with Crippen LogP contribution in [0.5, 0.6) is 0 Å². The standard InChI is InChI=1S/C39H49F2N5O5S/c1-39(2,3)37(38-43-33(31-24-29(40)16-17-32(31)41)26-44(38)25-28-12-6-4-7-13-28)46(22-11-20-42)36(50)27-52(51)23-9-5-8-14-30(47)15-10-21-45-34(48)18-19-35(45)49/h4,6-7,12-13,16-19,24,26,37H,5,8-11,14-15,20-23,25,27,42H2,1-3H3/t37-,52?/m0/s1. The summed E-state index contributed by atoms with van der Waals surface area (Å²) < 4.78 is 44.4. The number of nitrogens with zero attached hydrogens (tertiary/aromatic N) is 4. The summed E-state index contributed by atoms with van der Waals surface area (Å²) in [7, 11) is -1.47. The second kappa shape index (κ2) is 18.9. The van der Waals surface area contributed by atoms with Crippen molar-refractivity contribution in [3.05, 3.63) is 89.9 Å². The topological polar surface area (TPSA) is 136 Å². The maximum absolute atomic E-state index is 15.0. The Hall–Kier alpha value is -4.36. The molecule has 280 valence electrons. The Labute approximate surface area is 306 Å². The predicted octanol–water partition coefficient (Wildman–Crippen LogP) is 5.72. The van der Waals surface area contributed by atoms with Gasteiger partial charge in [0.1, 0.15) is 29.0 Å². The van der Waals surface area contributed by atoms with Crippen LogP contribution in [-0.2, 0) is 36.5 Å². The van der Waals surface area contributed by atoms with Crippen molar-refractivity contribution in [3.63, 3.8) is 0 Å². The van der Waals surface area contributed by atoms with Crippen LogP contribution in [0.4, 0.5) is 8.78 Å². The number of hydrogen-bond acceptors (Lipinski definition) is 7. The second-order valence-corrected chi connectivity index (χ2v) is 15.7. The number of aromatic nitrogens is 2. The van der Waals surface area contributed by atoms with E-state index in [1.54, 1.807) is 11.1 Å². The third-order valence-electron chi connectivity index (χ3n) is 8.86. The third kappa shape index (κ3) is 11.3. The molecule has 4 rings (SSSR count). The SMILES string of the molecule is CC(C)(C)[C@H](c1nc(-c2cc(F)ccc2F)cn1Cc1ccccc1)N(CCCN)C(=O)CS(=O)CCCCCC(=O)CCCN1C(=O)C=CC1=O. The summed E-state index contributed by atoms with van der Waals surface area (Å²) in [5, 5.41) is 0. The molecular weight excluding hydrogens is 689 g/mol. The number of imide groups is 1. The summed E-state index contributed by atoms with van der Waals surface area (Å²) in [5.41, 5.74) is 6.52. The number of rotatable bonds is 20. The lowest BCUT2D eigenvalue weighted by atomic mass is 9.84. The Balaban J connectivity index is 1.43. The molecule has 2 heterocycles. The van der Waals surface area contributed by atoms with Crippen molar-refractivity contribution in [2.45, 2.75) is 78.3 Å². The maximum Gasteiger partial charge on any atom is 0.253 e. The van der Waals surface area contributed by atoms with E-state index < -0.39 is 33.9 Å². The van der Waals surface area contributed by atoms with Gasteiger partial charge in [-0.3, -0.25) is 28.3 Å². The fourth-order valence-electron chi connectivity index (χ4n) is 6.30. The van der Waals surface area contributed by atoms with Crippen LogP contribution < -0.4 is 5.73 Å². The molecule has 52 heavy (non-hydrogen) atoms. The molecule has 0 bridgehead atoms. The number of Topliss-reactive ketones (excluding diaryl/α,β-unsaturated/α-hetero) is 1. The second-order valence-electron chi connectivity index (χ2n) is 14.1. The van der Waals surface area contributed by atoms with Gasteiger partial charge in [0, 0.05) is 72.9 Å². The molecule has 0 saturated heterocycles. The van der Waals surface area contributed by atoms with E-state index >= 15 is 4.39 Å². The highest BCUT2D eigenvalue weighted by Gasteiger charge is 2.38. The number of hydrogen-bond donors (Lipinski definition) is 1. The van der Waals surface area contributed by atoms with Crippen molar-refractivity contribution in [2.24, 2.45) is 11.1 Å². The molecule has 13 heteroatoms. The molecule has 1 aromatic heterocycles. The normalized spacial score (nSPS) is 14.2. The summed E-state index contributed by atoms with van der Waals surface area (Å²) in [6, 6.07) is 12.2. The van der Waals surface area contributed by atoms with E-state index in [-0.39, 0.29) is 60.0 Å². The molecule has 3 aromatic rings. The van der Waals surface area contributed by atoms with Crippen molar-refractivity contribution in [1.82, 2.24) is 19.4 Å². The van der Waals surface area contributed by atoms with Gasteiger partial charge in [-0.25, -0.2) is 13.8 Å². The lowest BCUT2D eigenvalue weighted by Crippen LogP contribution is -2.45. The van der Waals surface area contributed by atoms with Crippen LogP contribution in [0, 0.1) is 17.0 Å². The van der Waals surface area contributed by atoms with Crippen LogP contribution in [0.1, 0.15) is 83.1 Å². The van der Waals surface area contributed by atoms with Crippen LogP contribution in [0.25, 0.3) is 11.3 Å². The van der Waals surface area contributed by atoms with Gasteiger partial charge in [-0.05, 0) is 61.4 Å². The van der Waals surface area contributed by atoms with Gasteiger partial charge < -0.3 is 15.2 Å². The first kappa shape index (κ1) is 40.4. The Bertz CT molecular complexity index is 1750. The molecule has 0 spiro atoms. The number of nitrogens with two attached hydrogens (primary N) is 1. The molecule has 0 radical (unpaired) electrons. The summed E-state index contributed by atoms with van der Waals surface area (Å²) in [6.07, 6.45) is 7.50. The van der Waals surface area contributed by atoms with E-state index in [4.69, 9.17) is 10.7 Å². The molecule has 2 atom stereocenters. The number of amides is 3. The molecule has 1 aliphatic rings. The average Bonchev–Trinajstić information content (AvgIpc) is 3.64. The van der Waals surface area contributed by atoms with Crippen molar-refractivity contribution >= 4 is 34.3 Å². The molecule has 10 nitrogen and oxygen atoms in total. The summed E-state index contributed by atoms with van der Waals surface area (Å²) in [5.74, 6) is -1.63. The number of unbranched alkanes of at least 4 members (excludes halogenated alkanes) is 2. The van der Waals surface area contributed by atoms with E-state index in [2.05, 4.69) is 0 Å². The quantitative estimate of drug-likeness (QED) is 0.116. The highest BCUT2D eigenvalue weighted by molar-refractivity contribution is 7.85. The van der Waals surface area contributed by atoms with E-state index in [1.807, 2.05) is 55.7 Å². The average molecular weight is 738 g/mol. The van der Waals surface area contributed by atoms with Crippen molar-refractivity contribution in [1.29, 1.82) is 0 Å². The minimum atomic E-state index is -1.47. The van der Waals surface area contributed by atoms with Gasteiger partial charge in [-0.2, -0.15) is 0 Å². The molecule has 2 N–H and O–H groups in total. The minimum absolute atomic E-state index is 0.0102. The highest BCUT2D eigenvalue weighted by atomic mass is 32.2. The van der Waals surface area contributed by atoms with E-state index in [0.717, 1.165) is 28.7 Å². The predicted molar refractivity (Wildman–Crippen MR) is 197 cm³/mol. The number of carbonyl (C=O) groups excluding carboxylic acids is 4. The number of ketones is 1. The number of carbonyl (C=O) groups is 4. The lowest BCUT2D eigenvalue weighted by molar-refractivity contribution is -0.137. The summed E-state index contributed by atoms with van der Waals surface area (Å²) in [4.78, 5) is 57.3. The first-order chi connectivity index (χ1) is 24.8. The number of benzene rings is 2. The first-order valence-electron chi connectivity index (χ1n) is 17.7. The maximum atomic E-state index is 15.0. The van der Waals surface area contributed by atoms with Gasteiger partial charge in [0.25, 0.3) is 11.8 Å². The molecular formula is C39H49F2N5O5S.